The van der Waals surface area contributed by atoms with Gasteiger partial charge in [-0.25, -0.2) is 9.59 Å². The number of aromatic carboxylic acids is 2. The summed E-state index contributed by atoms with van der Waals surface area (Å²) in [5.41, 5.74) is 0.0537. The first-order valence-corrected chi connectivity index (χ1v) is 9.59. The van der Waals surface area contributed by atoms with Crippen LogP contribution in [0.25, 0.3) is 27.5 Å². The lowest BCUT2D eigenvalue weighted by molar-refractivity contribution is 0.0653. The smallest absolute Gasteiger partial charge is 0.371 e. The summed E-state index contributed by atoms with van der Waals surface area (Å²) < 4.78 is 10.3. The number of rotatable bonds is 4. The third-order valence-corrected chi connectivity index (χ3v) is 5.02. The topological polar surface area (TPSA) is 135 Å². The van der Waals surface area contributed by atoms with E-state index in [-0.39, 0.29) is 32.0 Å². The summed E-state index contributed by atoms with van der Waals surface area (Å²) in [6.07, 6.45) is 0. The van der Waals surface area contributed by atoms with Gasteiger partial charge in [-0.2, -0.15) is 0 Å². The van der Waals surface area contributed by atoms with Gasteiger partial charge in [0.2, 0.25) is 11.5 Å². The summed E-state index contributed by atoms with van der Waals surface area (Å²) in [6.45, 7) is 0. The van der Waals surface area contributed by atoms with Crippen LogP contribution in [0, 0.1) is 0 Å². The lowest BCUT2D eigenvalue weighted by atomic mass is 9.97. The molecule has 2 heterocycles. The van der Waals surface area contributed by atoms with Crippen LogP contribution >= 0.6 is 23.2 Å². The molecule has 160 valence electrons. The van der Waals surface area contributed by atoms with E-state index in [2.05, 4.69) is 0 Å². The van der Waals surface area contributed by atoms with Gasteiger partial charge in [0.15, 0.2) is 10.9 Å². The third kappa shape index (κ3) is 3.77. The molecule has 2 aromatic heterocycles. The second-order valence-corrected chi connectivity index (χ2v) is 7.57. The van der Waals surface area contributed by atoms with E-state index in [0.717, 1.165) is 12.1 Å². The first kappa shape index (κ1) is 21.4. The van der Waals surface area contributed by atoms with E-state index in [1.165, 1.54) is 36.4 Å². The Morgan fingerprint density at radius 2 is 1.09 bits per heavy atom. The van der Waals surface area contributed by atoms with Crippen molar-refractivity contribution in [1.82, 2.24) is 0 Å². The molecule has 0 unspecified atom stereocenters. The van der Waals surface area contributed by atoms with Gasteiger partial charge in [-0.1, -0.05) is 35.3 Å². The number of halogens is 2. The van der Waals surface area contributed by atoms with E-state index in [1.807, 2.05) is 0 Å². The maximum absolute atomic E-state index is 12.4. The van der Waals surface area contributed by atoms with Crippen LogP contribution in [-0.2, 0) is 0 Å². The Hall–Kier alpha value is -3.88. The molecule has 0 atom stereocenters. The molecule has 2 aromatic carbocycles. The third-order valence-electron chi connectivity index (χ3n) is 4.64. The first-order valence-electron chi connectivity index (χ1n) is 8.84. The molecular weight excluding hydrogens is 463 g/mol. The number of benzene rings is 2. The molecule has 0 bridgehead atoms. The molecule has 2 N–H and O–H groups in total. The fourth-order valence-corrected chi connectivity index (χ4v) is 3.66. The SMILES string of the molecule is O=C(O)c1cc(=O)c2cc(C(=C(Cl)Cl)c3ccc4oc(C(=O)O)cc(=O)c4c3)ccc2o1. The molecule has 0 fully saturated rings. The number of carbonyl (C=O) groups is 2. The van der Waals surface area contributed by atoms with Gasteiger partial charge in [-0.05, 0) is 35.4 Å². The molecule has 0 amide bonds. The first-order chi connectivity index (χ1) is 15.2. The normalized spacial score (nSPS) is 10.9. The molecule has 10 heteroatoms. The van der Waals surface area contributed by atoms with Crippen molar-refractivity contribution in [3.63, 3.8) is 0 Å². The lowest BCUT2D eigenvalue weighted by Gasteiger charge is -2.11. The van der Waals surface area contributed by atoms with Crippen molar-refractivity contribution in [2.75, 3.05) is 0 Å². The number of fused-ring (bicyclic) bond motifs is 2. The summed E-state index contributed by atoms with van der Waals surface area (Å²) >= 11 is 12.2. The van der Waals surface area contributed by atoms with Crippen molar-refractivity contribution in [3.05, 3.63) is 96.1 Å². The van der Waals surface area contributed by atoms with E-state index >= 15 is 0 Å². The zero-order chi connectivity index (χ0) is 23.2. The van der Waals surface area contributed by atoms with Crippen molar-refractivity contribution < 1.29 is 28.6 Å². The zero-order valence-corrected chi connectivity index (χ0v) is 17.2. The van der Waals surface area contributed by atoms with E-state index < -0.39 is 34.3 Å². The van der Waals surface area contributed by atoms with E-state index in [1.54, 1.807) is 0 Å². The van der Waals surface area contributed by atoms with Crippen LogP contribution in [0.1, 0.15) is 32.2 Å². The highest BCUT2D eigenvalue weighted by molar-refractivity contribution is 6.59. The maximum Gasteiger partial charge on any atom is 0.371 e. The standard InChI is InChI=1S/C22H10Cl2O8/c23-20(24)19(9-1-3-15-11(5-9)13(25)7-17(31-15)21(27)28)10-2-4-16-12(6-10)14(26)8-18(32-16)22(29)30/h1-8H,(H,27,28)(H,29,30). The molecule has 4 aromatic rings. The molecular formula is C22H10Cl2O8. The van der Waals surface area contributed by atoms with Gasteiger partial charge in [-0.3, -0.25) is 9.59 Å². The Morgan fingerprint density at radius 3 is 1.44 bits per heavy atom. The Bertz CT molecular complexity index is 1480. The van der Waals surface area contributed by atoms with Gasteiger partial charge < -0.3 is 19.0 Å². The second-order valence-electron chi connectivity index (χ2n) is 6.62. The van der Waals surface area contributed by atoms with Gasteiger partial charge in [0, 0.05) is 17.7 Å². The van der Waals surface area contributed by atoms with E-state index in [0.29, 0.717) is 11.1 Å². The Kier molecular flexibility index (Phi) is 5.33. The summed E-state index contributed by atoms with van der Waals surface area (Å²) in [4.78, 5) is 47.0. The molecule has 0 radical (unpaired) electrons. The van der Waals surface area contributed by atoms with Crippen LogP contribution in [0.4, 0.5) is 0 Å². The molecule has 0 aliphatic carbocycles. The predicted octanol–water partition coefficient (Wildman–Crippen LogP) is 4.49. The van der Waals surface area contributed by atoms with Gasteiger partial charge in [0.05, 0.1) is 10.8 Å². The van der Waals surface area contributed by atoms with Crippen molar-refractivity contribution in [2.24, 2.45) is 0 Å². The average molecular weight is 473 g/mol. The predicted molar refractivity (Wildman–Crippen MR) is 117 cm³/mol. The lowest BCUT2D eigenvalue weighted by Crippen LogP contribution is -2.07. The van der Waals surface area contributed by atoms with Crippen LogP contribution in [0.3, 0.4) is 0 Å². The van der Waals surface area contributed by atoms with Gasteiger partial charge >= 0.3 is 11.9 Å². The van der Waals surface area contributed by atoms with Gasteiger partial charge in [-0.15, -0.1) is 0 Å². The van der Waals surface area contributed by atoms with Crippen LogP contribution in [0.15, 0.2) is 71.4 Å². The highest BCUT2D eigenvalue weighted by Gasteiger charge is 2.17. The van der Waals surface area contributed by atoms with Crippen molar-refractivity contribution in [3.8, 4) is 0 Å². The molecule has 0 spiro atoms. The number of carboxylic acids is 2. The minimum absolute atomic E-state index is 0.0593. The summed E-state index contributed by atoms with van der Waals surface area (Å²) in [6, 6.07) is 10.5. The van der Waals surface area contributed by atoms with E-state index in [9.17, 15) is 19.2 Å². The number of hydrogen-bond acceptors (Lipinski definition) is 6. The largest absolute Gasteiger partial charge is 0.475 e. The summed E-state index contributed by atoms with van der Waals surface area (Å²) in [5, 5.41) is 18.3. The molecule has 0 saturated carbocycles. The maximum atomic E-state index is 12.4. The molecule has 4 rings (SSSR count). The highest BCUT2D eigenvalue weighted by atomic mass is 35.5. The summed E-state index contributed by atoms with van der Waals surface area (Å²) in [7, 11) is 0. The van der Waals surface area contributed by atoms with Crippen LogP contribution < -0.4 is 10.9 Å². The molecule has 0 aliphatic rings. The Morgan fingerprint density at radius 1 is 0.688 bits per heavy atom. The molecule has 8 nitrogen and oxygen atoms in total. The quantitative estimate of drug-likeness (QED) is 0.443. The number of hydrogen-bond donors (Lipinski definition) is 2. The van der Waals surface area contributed by atoms with Crippen LogP contribution in [0.5, 0.6) is 0 Å². The van der Waals surface area contributed by atoms with Crippen LogP contribution in [-0.4, -0.2) is 22.2 Å². The Labute approximate surface area is 187 Å². The Balaban J connectivity index is 1.90. The second kappa shape index (κ2) is 7.99. The molecule has 0 saturated heterocycles. The van der Waals surface area contributed by atoms with Crippen molar-refractivity contribution in [1.29, 1.82) is 0 Å². The minimum atomic E-state index is -1.38. The van der Waals surface area contributed by atoms with Crippen molar-refractivity contribution in [2.45, 2.75) is 0 Å². The average Bonchev–Trinajstić information content (AvgIpc) is 2.74. The molecule has 0 aliphatic heterocycles. The number of carboxylic acid groups (broad SMARTS) is 2. The van der Waals surface area contributed by atoms with Crippen LogP contribution in [0.2, 0.25) is 0 Å². The monoisotopic (exact) mass is 472 g/mol. The van der Waals surface area contributed by atoms with Gasteiger partial charge in [0.25, 0.3) is 0 Å². The summed E-state index contributed by atoms with van der Waals surface area (Å²) in [5.74, 6) is -3.75. The van der Waals surface area contributed by atoms with Gasteiger partial charge in [0.1, 0.15) is 15.7 Å². The highest BCUT2D eigenvalue weighted by Crippen LogP contribution is 2.33. The fourth-order valence-electron chi connectivity index (χ4n) is 3.22. The molecule has 32 heavy (non-hydrogen) atoms. The minimum Gasteiger partial charge on any atom is -0.475 e. The fraction of sp³-hybridized carbons (Fsp3) is 0. The zero-order valence-electron chi connectivity index (χ0n) is 15.7. The van der Waals surface area contributed by atoms with Crippen molar-refractivity contribution >= 4 is 62.7 Å². The van der Waals surface area contributed by atoms with E-state index in [4.69, 9.17) is 42.2 Å².